The number of amides is 3. The van der Waals surface area contributed by atoms with Crippen molar-refractivity contribution < 1.29 is 18.8 Å². The van der Waals surface area contributed by atoms with Gasteiger partial charge in [-0.1, -0.05) is 24.3 Å². The van der Waals surface area contributed by atoms with Crippen molar-refractivity contribution in [2.45, 2.75) is 63.7 Å². The van der Waals surface area contributed by atoms with Crippen molar-refractivity contribution in [3.63, 3.8) is 0 Å². The molecule has 15 heteroatoms. The molecule has 1 aliphatic carbocycles. The van der Waals surface area contributed by atoms with Crippen LogP contribution in [0.2, 0.25) is 0 Å². The Balaban J connectivity index is 0.00000504. The van der Waals surface area contributed by atoms with Crippen molar-refractivity contribution in [1.29, 1.82) is 0 Å². The standard InChI is InChI=1S/C36H43FN10O3.ClH/c1-21-16-32(34(48)42-31-14-15-40-20-29(31)37)41-19-28(21)24-6-2-22(3-7-24)17-30(39)36(50)47(35(49)26-8-4-23(18-38)5-9-26)27-12-10-25(11-13-27)33-43-45-46-44-33;/h2-3,6-7,10-13,16,19,23,26,29-31,40H,4-5,8-9,14-15,17-18,20,38-39H2,1H3,(H,42,48)(H,43,44,45,46);1H/t23-,26-,29?,30-,31?;/m0./s1. The highest BCUT2D eigenvalue weighted by molar-refractivity contribution is 6.17. The zero-order valence-corrected chi connectivity index (χ0v) is 29.2. The van der Waals surface area contributed by atoms with Crippen LogP contribution in [0.5, 0.6) is 0 Å². The first-order valence-electron chi connectivity index (χ1n) is 17.1. The molecule has 1 aliphatic heterocycles. The summed E-state index contributed by atoms with van der Waals surface area (Å²) in [5.41, 5.74) is 17.2. The van der Waals surface area contributed by atoms with Crippen LogP contribution in [0.1, 0.15) is 53.7 Å². The number of pyridine rings is 1. The lowest BCUT2D eigenvalue weighted by atomic mass is 9.81. The highest BCUT2D eigenvalue weighted by Crippen LogP contribution is 2.32. The van der Waals surface area contributed by atoms with Crippen molar-refractivity contribution in [2.24, 2.45) is 23.3 Å². The number of tetrazole rings is 1. The van der Waals surface area contributed by atoms with E-state index in [9.17, 15) is 18.8 Å². The average molecular weight is 719 g/mol. The van der Waals surface area contributed by atoms with Crippen LogP contribution >= 0.6 is 12.4 Å². The minimum Gasteiger partial charge on any atom is -0.345 e. The first kappa shape index (κ1) is 37.6. The highest BCUT2D eigenvalue weighted by atomic mass is 35.5. The Labute approximate surface area is 301 Å². The van der Waals surface area contributed by atoms with Gasteiger partial charge < -0.3 is 22.1 Å². The van der Waals surface area contributed by atoms with Gasteiger partial charge in [-0.3, -0.25) is 19.4 Å². The summed E-state index contributed by atoms with van der Waals surface area (Å²) in [7, 11) is 0. The number of anilines is 1. The van der Waals surface area contributed by atoms with E-state index in [0.29, 0.717) is 55.3 Å². The number of benzene rings is 2. The van der Waals surface area contributed by atoms with Crippen LogP contribution in [0.4, 0.5) is 10.1 Å². The van der Waals surface area contributed by atoms with Gasteiger partial charge in [-0.05, 0) is 122 Å². The van der Waals surface area contributed by atoms with Crippen LogP contribution in [-0.2, 0) is 16.0 Å². The van der Waals surface area contributed by atoms with Gasteiger partial charge in [-0.25, -0.2) is 14.4 Å². The number of rotatable bonds is 10. The van der Waals surface area contributed by atoms with Gasteiger partial charge in [0.25, 0.3) is 11.8 Å². The summed E-state index contributed by atoms with van der Waals surface area (Å²) in [5.74, 6) is -0.586. The van der Waals surface area contributed by atoms with Gasteiger partial charge in [0.2, 0.25) is 5.91 Å². The van der Waals surface area contributed by atoms with Gasteiger partial charge >= 0.3 is 0 Å². The van der Waals surface area contributed by atoms with E-state index in [1.54, 1.807) is 36.5 Å². The predicted molar refractivity (Wildman–Crippen MR) is 194 cm³/mol. The summed E-state index contributed by atoms with van der Waals surface area (Å²) in [5, 5.41) is 19.6. The van der Waals surface area contributed by atoms with Crippen molar-refractivity contribution in [2.75, 3.05) is 24.5 Å². The number of carbonyl (C=O) groups is 3. The molecule has 2 unspecified atom stereocenters. The number of halogens is 2. The molecule has 3 amide bonds. The fourth-order valence-electron chi connectivity index (χ4n) is 6.78. The Bertz CT molecular complexity index is 1780. The van der Waals surface area contributed by atoms with E-state index in [0.717, 1.165) is 35.1 Å². The Kier molecular flexibility index (Phi) is 12.6. The van der Waals surface area contributed by atoms with E-state index in [2.05, 4.69) is 36.2 Å². The Morgan fingerprint density at radius 1 is 1.02 bits per heavy atom. The number of alkyl halides is 1. The summed E-state index contributed by atoms with van der Waals surface area (Å²) < 4.78 is 14.2. The molecule has 3 atom stereocenters. The molecule has 2 aromatic carbocycles. The molecule has 4 aromatic rings. The molecule has 3 heterocycles. The van der Waals surface area contributed by atoms with Gasteiger partial charge in [-0.2, -0.15) is 0 Å². The number of imide groups is 1. The van der Waals surface area contributed by atoms with E-state index in [4.69, 9.17) is 11.5 Å². The number of hydrogen-bond acceptors (Lipinski definition) is 10. The number of aromatic nitrogens is 5. The summed E-state index contributed by atoms with van der Waals surface area (Å²) in [6.45, 7) is 3.35. The van der Waals surface area contributed by atoms with Gasteiger partial charge in [0.05, 0.1) is 17.8 Å². The molecular weight excluding hydrogens is 675 g/mol. The number of nitrogens with one attached hydrogen (secondary N) is 3. The van der Waals surface area contributed by atoms with Crippen molar-refractivity contribution in [1.82, 2.24) is 36.2 Å². The smallest absolute Gasteiger partial charge is 0.270 e. The molecule has 270 valence electrons. The average Bonchev–Trinajstić information content (AvgIpc) is 3.69. The van der Waals surface area contributed by atoms with Gasteiger partial charge in [0.15, 0.2) is 5.82 Å². The van der Waals surface area contributed by atoms with E-state index in [-0.39, 0.29) is 42.9 Å². The SMILES string of the molecule is Cc1cc(C(=O)NC2CCNCC2F)ncc1-c1ccc(C[C@H](N)C(=O)N(c2ccc(-c3nnn[nH]3)cc2)C(=O)[C@H]2CC[C@H](CN)CC2)cc1.Cl. The Morgan fingerprint density at radius 2 is 1.73 bits per heavy atom. The molecule has 1 saturated heterocycles. The number of aryl methyl sites for hydroxylation is 1. The molecule has 7 N–H and O–H groups in total. The first-order chi connectivity index (χ1) is 24.2. The van der Waals surface area contributed by atoms with Crippen molar-refractivity contribution in [3.05, 3.63) is 77.6 Å². The second-order valence-corrected chi connectivity index (χ2v) is 13.2. The number of nitrogens with zero attached hydrogens (tertiary/aromatic N) is 5. The largest absolute Gasteiger partial charge is 0.345 e. The van der Waals surface area contributed by atoms with Gasteiger partial charge in [0.1, 0.15) is 11.9 Å². The summed E-state index contributed by atoms with van der Waals surface area (Å²) in [6, 6.07) is 14.7. The van der Waals surface area contributed by atoms with E-state index in [1.165, 1.54) is 4.90 Å². The lowest BCUT2D eigenvalue weighted by Crippen LogP contribution is -2.51. The molecule has 2 fully saturated rings. The number of hydrogen-bond donors (Lipinski definition) is 5. The number of H-pyrrole nitrogens is 1. The molecule has 51 heavy (non-hydrogen) atoms. The van der Waals surface area contributed by atoms with E-state index in [1.807, 2.05) is 31.2 Å². The maximum absolute atomic E-state index is 14.2. The second-order valence-electron chi connectivity index (χ2n) is 13.2. The van der Waals surface area contributed by atoms with Crippen LogP contribution < -0.4 is 27.0 Å². The Hall–Kier alpha value is -4.63. The number of nitrogens with two attached hydrogens (primary N) is 2. The fraction of sp³-hybridized carbons (Fsp3) is 0.417. The van der Waals surface area contributed by atoms with Gasteiger partial charge in [0, 0.05) is 29.8 Å². The van der Waals surface area contributed by atoms with Crippen LogP contribution in [0.25, 0.3) is 22.5 Å². The normalized spacial score (nSPS) is 20.9. The van der Waals surface area contributed by atoms with Crippen molar-refractivity contribution >= 4 is 35.8 Å². The number of aromatic amines is 1. The maximum Gasteiger partial charge on any atom is 0.270 e. The minimum atomic E-state index is -1.14. The van der Waals surface area contributed by atoms with E-state index < -0.39 is 30.1 Å². The lowest BCUT2D eigenvalue weighted by molar-refractivity contribution is -0.130. The predicted octanol–water partition coefficient (Wildman–Crippen LogP) is 3.28. The zero-order chi connectivity index (χ0) is 35.2. The first-order valence-corrected chi connectivity index (χ1v) is 17.1. The molecule has 0 radical (unpaired) electrons. The molecule has 2 aromatic heterocycles. The Morgan fingerprint density at radius 3 is 2.35 bits per heavy atom. The molecule has 0 bridgehead atoms. The second kappa shape index (κ2) is 17.1. The molecule has 2 aliphatic rings. The molecule has 6 rings (SSSR count). The van der Waals surface area contributed by atoms with Crippen LogP contribution in [0.15, 0.2) is 60.8 Å². The summed E-state index contributed by atoms with van der Waals surface area (Å²) >= 11 is 0. The van der Waals surface area contributed by atoms with Crippen LogP contribution in [0, 0.1) is 18.8 Å². The maximum atomic E-state index is 14.2. The fourth-order valence-corrected chi connectivity index (χ4v) is 6.78. The summed E-state index contributed by atoms with van der Waals surface area (Å²) in [4.78, 5) is 46.3. The molecule has 13 nitrogen and oxygen atoms in total. The van der Waals surface area contributed by atoms with Gasteiger partial charge in [-0.15, -0.1) is 17.5 Å². The van der Waals surface area contributed by atoms with Crippen LogP contribution in [0.3, 0.4) is 0 Å². The quantitative estimate of drug-likeness (QED) is 0.162. The summed E-state index contributed by atoms with van der Waals surface area (Å²) in [6.07, 6.45) is 4.24. The highest BCUT2D eigenvalue weighted by Gasteiger charge is 2.35. The van der Waals surface area contributed by atoms with Crippen molar-refractivity contribution in [3.8, 4) is 22.5 Å². The topological polar surface area (TPSA) is 198 Å². The number of carbonyl (C=O) groups excluding carboxylic acids is 3. The van der Waals surface area contributed by atoms with E-state index >= 15 is 0 Å². The lowest BCUT2D eigenvalue weighted by Gasteiger charge is -2.32. The minimum absolute atomic E-state index is 0. The third kappa shape index (κ3) is 8.82. The molecule has 0 spiro atoms. The zero-order valence-electron chi connectivity index (χ0n) is 28.4. The monoisotopic (exact) mass is 718 g/mol. The third-order valence-electron chi connectivity index (χ3n) is 9.82. The number of piperidine rings is 1. The molecular formula is C36H44ClFN10O3. The molecule has 1 saturated carbocycles. The third-order valence-corrected chi connectivity index (χ3v) is 9.82. The van der Waals surface area contributed by atoms with Crippen LogP contribution in [-0.4, -0.2) is 81.2 Å².